The fraction of sp³-hybridized carbons (Fsp3) is 0.714. The number of carboxylic acids is 1. The second-order valence-corrected chi connectivity index (χ2v) is 7.09. The van der Waals surface area contributed by atoms with Crippen molar-refractivity contribution >= 4 is 17.7 Å². The van der Waals surface area contributed by atoms with E-state index in [0.717, 1.165) is 18.5 Å². The molecule has 1 aromatic rings. The zero-order chi connectivity index (χ0) is 15.3. The molecule has 0 saturated heterocycles. The van der Waals surface area contributed by atoms with Gasteiger partial charge < -0.3 is 10.8 Å². The van der Waals surface area contributed by atoms with Gasteiger partial charge in [-0.3, -0.25) is 9.48 Å². The average Bonchev–Trinajstić information content (AvgIpc) is 2.86. The molecule has 0 saturated carbocycles. The summed E-state index contributed by atoms with van der Waals surface area (Å²) in [5.41, 5.74) is 6.67. The van der Waals surface area contributed by atoms with Crippen LogP contribution < -0.4 is 5.73 Å². The van der Waals surface area contributed by atoms with Crippen LogP contribution in [0.5, 0.6) is 0 Å². The summed E-state index contributed by atoms with van der Waals surface area (Å²) in [5.74, 6) is -0.300. The zero-order valence-electron chi connectivity index (χ0n) is 12.7. The largest absolute Gasteiger partial charge is 0.480 e. The first-order chi connectivity index (χ1) is 9.31. The highest BCUT2D eigenvalue weighted by molar-refractivity contribution is 7.99. The Kier molecular flexibility index (Phi) is 6.07. The summed E-state index contributed by atoms with van der Waals surface area (Å²) in [6.07, 6.45) is 4.11. The van der Waals surface area contributed by atoms with E-state index in [1.807, 2.05) is 30.8 Å². The van der Waals surface area contributed by atoms with E-state index in [1.165, 1.54) is 11.8 Å². The first-order valence-corrected chi connectivity index (χ1v) is 7.96. The zero-order valence-corrected chi connectivity index (χ0v) is 13.5. The van der Waals surface area contributed by atoms with Crippen LogP contribution in [0, 0.1) is 0 Å². The number of nitrogens with two attached hydrogens (primary N) is 1. The lowest BCUT2D eigenvalue weighted by atomic mass is 10.1. The van der Waals surface area contributed by atoms with E-state index < -0.39 is 16.8 Å². The van der Waals surface area contributed by atoms with Crippen molar-refractivity contribution in [3.63, 3.8) is 0 Å². The highest BCUT2D eigenvalue weighted by atomic mass is 32.2. The SMILES string of the molecule is CCC(CC)n1ccc(CSC(C)(C)[C@H](N)C(=O)O)n1. The van der Waals surface area contributed by atoms with Gasteiger partial charge in [0.05, 0.1) is 11.7 Å². The van der Waals surface area contributed by atoms with Crippen LogP contribution in [-0.4, -0.2) is 31.6 Å². The number of hydrogen-bond donors (Lipinski definition) is 2. The number of aliphatic carboxylic acids is 1. The molecule has 1 atom stereocenters. The molecule has 0 bridgehead atoms. The molecule has 1 heterocycles. The van der Waals surface area contributed by atoms with Gasteiger partial charge in [0.2, 0.25) is 0 Å². The van der Waals surface area contributed by atoms with Crippen molar-refractivity contribution in [1.29, 1.82) is 0 Å². The molecular weight excluding hydrogens is 274 g/mol. The number of carbonyl (C=O) groups is 1. The molecule has 3 N–H and O–H groups in total. The maximum absolute atomic E-state index is 11.0. The summed E-state index contributed by atoms with van der Waals surface area (Å²) >= 11 is 1.53. The van der Waals surface area contributed by atoms with Crippen LogP contribution in [0.1, 0.15) is 52.3 Å². The van der Waals surface area contributed by atoms with E-state index in [9.17, 15) is 4.79 Å². The van der Waals surface area contributed by atoms with Gasteiger partial charge in [-0.1, -0.05) is 13.8 Å². The normalized spacial score (nSPS) is 13.7. The quantitative estimate of drug-likeness (QED) is 0.771. The molecule has 6 heteroatoms. The Morgan fingerprint density at radius 2 is 2.10 bits per heavy atom. The molecule has 0 spiro atoms. The van der Waals surface area contributed by atoms with E-state index in [0.29, 0.717) is 11.8 Å². The minimum atomic E-state index is -0.968. The Balaban J connectivity index is 2.64. The van der Waals surface area contributed by atoms with Gasteiger partial charge in [0.1, 0.15) is 6.04 Å². The molecule has 20 heavy (non-hydrogen) atoms. The molecule has 114 valence electrons. The van der Waals surface area contributed by atoms with Crippen LogP contribution >= 0.6 is 11.8 Å². The monoisotopic (exact) mass is 299 g/mol. The van der Waals surface area contributed by atoms with Gasteiger partial charge >= 0.3 is 5.97 Å². The Labute approximate surface area is 124 Å². The lowest BCUT2D eigenvalue weighted by molar-refractivity contribution is -0.139. The van der Waals surface area contributed by atoms with Crippen molar-refractivity contribution in [3.8, 4) is 0 Å². The van der Waals surface area contributed by atoms with Crippen molar-refractivity contribution in [2.75, 3.05) is 0 Å². The molecule has 0 amide bonds. The predicted molar refractivity (Wildman–Crippen MR) is 82.8 cm³/mol. The van der Waals surface area contributed by atoms with Gasteiger partial charge in [-0.15, -0.1) is 11.8 Å². The van der Waals surface area contributed by atoms with Gasteiger partial charge in [0.15, 0.2) is 0 Å². The molecule has 0 fully saturated rings. The van der Waals surface area contributed by atoms with Crippen LogP contribution in [0.15, 0.2) is 12.3 Å². The molecule has 1 aromatic heterocycles. The highest BCUT2D eigenvalue weighted by Crippen LogP contribution is 2.30. The van der Waals surface area contributed by atoms with Crippen molar-refractivity contribution < 1.29 is 9.90 Å². The van der Waals surface area contributed by atoms with Crippen molar-refractivity contribution in [3.05, 3.63) is 18.0 Å². The van der Waals surface area contributed by atoms with Gasteiger partial charge in [-0.05, 0) is 32.8 Å². The maximum Gasteiger partial charge on any atom is 0.321 e. The summed E-state index contributed by atoms with van der Waals surface area (Å²) in [7, 11) is 0. The van der Waals surface area contributed by atoms with E-state index in [1.54, 1.807) is 0 Å². The third-order valence-electron chi connectivity index (χ3n) is 3.59. The van der Waals surface area contributed by atoms with Crippen LogP contribution in [0.25, 0.3) is 0 Å². The Hall–Kier alpha value is -1.01. The van der Waals surface area contributed by atoms with E-state index >= 15 is 0 Å². The molecule has 0 radical (unpaired) electrons. The smallest absolute Gasteiger partial charge is 0.321 e. The molecule has 0 aliphatic carbocycles. The standard InChI is InChI=1S/C14H25N3O2S/c1-5-11(6-2)17-8-7-10(16-17)9-20-14(3,4)12(15)13(18)19/h7-8,11-12H,5-6,9,15H2,1-4H3,(H,18,19)/t12-/m1/s1. The maximum atomic E-state index is 11.0. The second kappa shape index (κ2) is 7.13. The minimum Gasteiger partial charge on any atom is -0.480 e. The average molecular weight is 299 g/mol. The van der Waals surface area contributed by atoms with Crippen LogP contribution in [0.4, 0.5) is 0 Å². The third-order valence-corrected chi connectivity index (χ3v) is 5.03. The van der Waals surface area contributed by atoms with Gasteiger partial charge in [-0.25, -0.2) is 0 Å². The first kappa shape index (κ1) is 17.0. The van der Waals surface area contributed by atoms with E-state index in [4.69, 9.17) is 10.8 Å². The van der Waals surface area contributed by atoms with Gasteiger partial charge in [-0.2, -0.15) is 5.10 Å². The number of thioether (sulfide) groups is 1. The number of hydrogen-bond acceptors (Lipinski definition) is 4. The first-order valence-electron chi connectivity index (χ1n) is 6.98. The minimum absolute atomic E-state index is 0.433. The number of carboxylic acid groups (broad SMARTS) is 1. The summed E-state index contributed by atoms with van der Waals surface area (Å²) < 4.78 is 1.48. The van der Waals surface area contributed by atoms with Crippen molar-refractivity contribution in [2.24, 2.45) is 5.73 Å². The molecule has 5 nitrogen and oxygen atoms in total. The van der Waals surface area contributed by atoms with Crippen LogP contribution in [0.3, 0.4) is 0 Å². The molecule has 0 unspecified atom stereocenters. The lowest BCUT2D eigenvalue weighted by Crippen LogP contribution is -2.46. The van der Waals surface area contributed by atoms with Gasteiger partial charge in [0.25, 0.3) is 0 Å². The second-order valence-electron chi connectivity index (χ2n) is 5.47. The van der Waals surface area contributed by atoms with Crippen molar-refractivity contribution in [2.45, 2.75) is 63.1 Å². The van der Waals surface area contributed by atoms with Crippen molar-refractivity contribution in [1.82, 2.24) is 9.78 Å². The number of nitrogens with zero attached hydrogens (tertiary/aromatic N) is 2. The summed E-state index contributed by atoms with van der Waals surface area (Å²) in [5, 5.41) is 13.6. The van der Waals surface area contributed by atoms with E-state index in [2.05, 4.69) is 18.9 Å². The number of aromatic nitrogens is 2. The molecule has 0 aromatic carbocycles. The fourth-order valence-electron chi connectivity index (χ4n) is 1.97. The van der Waals surface area contributed by atoms with Gasteiger partial charge in [0, 0.05) is 16.7 Å². The Morgan fingerprint density at radius 3 is 2.60 bits per heavy atom. The lowest BCUT2D eigenvalue weighted by Gasteiger charge is -2.27. The molecular formula is C14H25N3O2S. The predicted octanol–water partition coefficient (Wildman–Crippen LogP) is 2.67. The molecule has 1 rings (SSSR count). The summed E-state index contributed by atoms with van der Waals surface area (Å²) in [6, 6.07) is 1.55. The fourth-order valence-corrected chi connectivity index (χ4v) is 2.92. The summed E-state index contributed by atoms with van der Waals surface area (Å²) in [6.45, 7) is 8.02. The summed E-state index contributed by atoms with van der Waals surface area (Å²) in [4.78, 5) is 11.0. The molecule has 0 aliphatic heterocycles. The molecule has 0 aliphatic rings. The Morgan fingerprint density at radius 1 is 1.50 bits per heavy atom. The Bertz CT molecular complexity index is 441. The van der Waals surface area contributed by atoms with E-state index in [-0.39, 0.29) is 0 Å². The highest BCUT2D eigenvalue weighted by Gasteiger charge is 2.32. The third kappa shape index (κ3) is 4.24. The van der Waals surface area contributed by atoms with Crippen LogP contribution in [0.2, 0.25) is 0 Å². The number of rotatable bonds is 8. The van der Waals surface area contributed by atoms with Crippen LogP contribution in [-0.2, 0) is 10.5 Å². The topological polar surface area (TPSA) is 81.1 Å².